The summed E-state index contributed by atoms with van der Waals surface area (Å²) >= 11 is 0. The van der Waals surface area contributed by atoms with E-state index in [4.69, 9.17) is 14.6 Å². The highest BCUT2D eigenvalue weighted by molar-refractivity contribution is 5.91. The third-order valence-electron chi connectivity index (χ3n) is 8.91. The molecule has 0 unspecified atom stereocenters. The summed E-state index contributed by atoms with van der Waals surface area (Å²) in [6.07, 6.45) is 9.97. The Balaban J connectivity index is 1.38. The first-order chi connectivity index (χ1) is 14.2. The standard InChI is InChI=1S/C24H34O6/c1-23-11-9-16(25)13-15(23)3-4-17-18-5-6-20(24(18,2)12-10-19(17)23)29-14-30-22(28)8-7-21(26)27/h13,17-20H,3-12,14H2,1-2H3,(H,26,27)/t17-,18-,19-,20-,23-,24-/m0/s1. The van der Waals surface area contributed by atoms with Crippen LogP contribution in [0.2, 0.25) is 0 Å². The number of esters is 1. The molecule has 0 amide bonds. The zero-order valence-corrected chi connectivity index (χ0v) is 18.2. The minimum atomic E-state index is -1.00. The van der Waals surface area contributed by atoms with Gasteiger partial charge in [0, 0.05) is 6.42 Å². The van der Waals surface area contributed by atoms with Gasteiger partial charge in [0.1, 0.15) is 0 Å². The average molecular weight is 419 g/mol. The monoisotopic (exact) mass is 418 g/mol. The van der Waals surface area contributed by atoms with Crippen molar-refractivity contribution < 1.29 is 29.0 Å². The fraction of sp³-hybridized carbons (Fsp3) is 0.792. The molecule has 3 fully saturated rings. The van der Waals surface area contributed by atoms with Crippen molar-refractivity contribution in [3.8, 4) is 0 Å². The summed E-state index contributed by atoms with van der Waals surface area (Å²) < 4.78 is 11.2. The number of carbonyl (C=O) groups is 3. The predicted octanol–water partition coefficient (Wildman–Crippen LogP) is 4.27. The lowest BCUT2D eigenvalue weighted by Crippen LogP contribution is -2.51. The van der Waals surface area contributed by atoms with E-state index in [9.17, 15) is 14.4 Å². The van der Waals surface area contributed by atoms with Crippen LogP contribution < -0.4 is 0 Å². The molecule has 0 bridgehead atoms. The molecule has 4 aliphatic carbocycles. The summed E-state index contributed by atoms with van der Waals surface area (Å²) in [5.41, 5.74) is 1.66. The minimum Gasteiger partial charge on any atom is -0.481 e. The fourth-order valence-electron chi connectivity index (χ4n) is 7.25. The van der Waals surface area contributed by atoms with Crippen LogP contribution in [-0.2, 0) is 23.9 Å². The van der Waals surface area contributed by atoms with E-state index in [1.807, 2.05) is 6.08 Å². The lowest BCUT2D eigenvalue weighted by atomic mass is 9.47. The number of ether oxygens (including phenoxy) is 2. The molecule has 0 aromatic rings. The number of hydrogen-bond acceptors (Lipinski definition) is 5. The Morgan fingerprint density at radius 2 is 1.87 bits per heavy atom. The highest BCUT2D eigenvalue weighted by atomic mass is 16.7. The van der Waals surface area contributed by atoms with Gasteiger partial charge in [-0.1, -0.05) is 19.4 Å². The summed E-state index contributed by atoms with van der Waals surface area (Å²) in [5, 5.41) is 8.66. The Hall–Kier alpha value is -1.69. The molecule has 0 saturated heterocycles. The van der Waals surface area contributed by atoms with Gasteiger partial charge in [-0.25, -0.2) is 0 Å². The first-order valence-electron chi connectivity index (χ1n) is 11.5. The van der Waals surface area contributed by atoms with Crippen LogP contribution in [0.3, 0.4) is 0 Å². The third kappa shape index (κ3) is 3.72. The molecule has 4 rings (SSSR count). The van der Waals surface area contributed by atoms with Crippen LogP contribution in [-0.4, -0.2) is 35.7 Å². The van der Waals surface area contributed by atoms with E-state index in [2.05, 4.69) is 13.8 Å². The minimum absolute atomic E-state index is 0.0772. The normalized spacial score (nSPS) is 40.1. The van der Waals surface area contributed by atoms with E-state index in [1.54, 1.807) is 0 Å². The molecule has 4 aliphatic rings. The first kappa shape index (κ1) is 21.5. The van der Waals surface area contributed by atoms with Gasteiger partial charge in [-0.15, -0.1) is 0 Å². The van der Waals surface area contributed by atoms with Gasteiger partial charge in [-0.05, 0) is 79.6 Å². The number of rotatable bonds is 6. The maximum atomic E-state index is 12.0. The zero-order chi connectivity index (χ0) is 21.5. The van der Waals surface area contributed by atoms with Gasteiger partial charge >= 0.3 is 11.9 Å². The second-order valence-corrected chi connectivity index (χ2v) is 10.3. The number of carbonyl (C=O) groups excluding carboxylic acids is 2. The molecular weight excluding hydrogens is 384 g/mol. The Bertz CT molecular complexity index is 757. The SMILES string of the molecule is C[C@]12CC[C@H]3[C@@H](CCC4=CC(=O)CC[C@@]43C)[C@@H]1CC[C@@H]2OCOC(=O)CCC(=O)O. The van der Waals surface area contributed by atoms with Gasteiger partial charge < -0.3 is 14.6 Å². The van der Waals surface area contributed by atoms with Crippen LogP contribution in [0.1, 0.15) is 78.1 Å². The number of fused-ring (bicyclic) bond motifs is 5. The molecule has 3 saturated carbocycles. The van der Waals surface area contributed by atoms with Crippen molar-refractivity contribution in [1.82, 2.24) is 0 Å². The number of ketones is 1. The van der Waals surface area contributed by atoms with Crippen molar-refractivity contribution in [1.29, 1.82) is 0 Å². The second-order valence-electron chi connectivity index (χ2n) is 10.3. The van der Waals surface area contributed by atoms with E-state index < -0.39 is 11.9 Å². The summed E-state index contributed by atoms with van der Waals surface area (Å²) in [5.74, 6) is 0.709. The number of aliphatic carboxylic acids is 1. The van der Waals surface area contributed by atoms with Crippen molar-refractivity contribution in [3.63, 3.8) is 0 Å². The van der Waals surface area contributed by atoms with Gasteiger partial charge in [-0.2, -0.15) is 0 Å². The largest absolute Gasteiger partial charge is 0.481 e. The van der Waals surface area contributed by atoms with Gasteiger partial charge in [0.05, 0.1) is 18.9 Å². The maximum Gasteiger partial charge on any atom is 0.308 e. The van der Waals surface area contributed by atoms with Crippen LogP contribution in [0.4, 0.5) is 0 Å². The van der Waals surface area contributed by atoms with Gasteiger partial charge in [0.15, 0.2) is 12.6 Å². The highest BCUT2D eigenvalue weighted by Gasteiger charge is 2.59. The molecular formula is C24H34O6. The Morgan fingerprint density at radius 1 is 1.07 bits per heavy atom. The Labute approximate surface area is 178 Å². The number of allylic oxidation sites excluding steroid dienone is 1. The van der Waals surface area contributed by atoms with Crippen molar-refractivity contribution in [2.24, 2.45) is 28.6 Å². The maximum absolute atomic E-state index is 12.0. The van der Waals surface area contributed by atoms with Gasteiger partial charge in [0.2, 0.25) is 0 Å². The van der Waals surface area contributed by atoms with E-state index >= 15 is 0 Å². The molecule has 166 valence electrons. The molecule has 1 N–H and O–H groups in total. The number of carboxylic acid groups (broad SMARTS) is 1. The van der Waals surface area contributed by atoms with E-state index in [1.165, 1.54) is 5.57 Å². The van der Waals surface area contributed by atoms with Crippen molar-refractivity contribution in [2.75, 3.05) is 6.79 Å². The number of carboxylic acids is 1. The van der Waals surface area contributed by atoms with Crippen molar-refractivity contribution in [2.45, 2.75) is 84.2 Å². The van der Waals surface area contributed by atoms with E-state index in [-0.39, 0.29) is 36.6 Å². The summed E-state index contributed by atoms with van der Waals surface area (Å²) in [6.45, 7) is 4.65. The van der Waals surface area contributed by atoms with Crippen LogP contribution in [0.5, 0.6) is 0 Å². The molecule has 0 aromatic heterocycles. The van der Waals surface area contributed by atoms with E-state index in [0.29, 0.717) is 30.0 Å². The highest BCUT2D eigenvalue weighted by Crippen LogP contribution is 2.65. The first-order valence-corrected chi connectivity index (χ1v) is 11.5. The van der Waals surface area contributed by atoms with Gasteiger partial charge in [0.25, 0.3) is 0 Å². The molecule has 0 aliphatic heterocycles. The van der Waals surface area contributed by atoms with Crippen LogP contribution in [0, 0.1) is 28.6 Å². The average Bonchev–Trinajstić information content (AvgIpc) is 3.03. The number of hydrogen-bond donors (Lipinski definition) is 1. The van der Waals surface area contributed by atoms with Crippen molar-refractivity contribution >= 4 is 17.7 Å². The summed E-state index contributed by atoms with van der Waals surface area (Å²) in [4.78, 5) is 34.2. The molecule has 6 atom stereocenters. The van der Waals surface area contributed by atoms with Crippen LogP contribution >= 0.6 is 0 Å². The Kier molecular flexibility index (Phi) is 5.82. The summed E-state index contributed by atoms with van der Waals surface area (Å²) in [7, 11) is 0. The quantitative estimate of drug-likeness (QED) is 0.512. The summed E-state index contributed by atoms with van der Waals surface area (Å²) in [6, 6.07) is 0. The molecule has 0 aromatic carbocycles. The van der Waals surface area contributed by atoms with Crippen molar-refractivity contribution in [3.05, 3.63) is 11.6 Å². The zero-order valence-electron chi connectivity index (χ0n) is 18.2. The molecule has 0 radical (unpaired) electrons. The molecule has 6 nitrogen and oxygen atoms in total. The molecule has 0 heterocycles. The molecule has 30 heavy (non-hydrogen) atoms. The smallest absolute Gasteiger partial charge is 0.308 e. The molecule has 6 heteroatoms. The van der Waals surface area contributed by atoms with Gasteiger partial charge in [-0.3, -0.25) is 14.4 Å². The second kappa shape index (κ2) is 8.10. The fourth-order valence-corrected chi connectivity index (χ4v) is 7.25. The van der Waals surface area contributed by atoms with Crippen LogP contribution in [0.25, 0.3) is 0 Å². The Morgan fingerprint density at radius 3 is 2.63 bits per heavy atom. The van der Waals surface area contributed by atoms with E-state index in [0.717, 1.165) is 44.9 Å². The molecule has 0 spiro atoms. The lowest BCUT2D eigenvalue weighted by molar-refractivity contribution is -0.173. The third-order valence-corrected chi connectivity index (χ3v) is 8.91. The lowest BCUT2D eigenvalue weighted by Gasteiger charge is -2.57. The van der Waals surface area contributed by atoms with Crippen LogP contribution in [0.15, 0.2) is 11.6 Å². The predicted molar refractivity (Wildman–Crippen MR) is 109 cm³/mol. The topological polar surface area (TPSA) is 89.9 Å².